The van der Waals surface area contributed by atoms with Gasteiger partial charge in [-0.15, -0.1) is 0 Å². The Balaban J connectivity index is 1.47. The molecule has 2 unspecified atom stereocenters. The van der Waals surface area contributed by atoms with E-state index in [4.69, 9.17) is 5.73 Å². The zero-order chi connectivity index (χ0) is 23.5. The number of amides is 2. The molecule has 3 aliphatic rings. The number of nitrogens with zero attached hydrogens (tertiary/aromatic N) is 2. The zero-order valence-corrected chi connectivity index (χ0v) is 20.6. The number of aryl methyl sites for hydroxylation is 1. The smallest absolute Gasteiger partial charge is 0.243 e. The van der Waals surface area contributed by atoms with Gasteiger partial charge in [0.1, 0.15) is 6.04 Å². The molecule has 2 aliphatic carbocycles. The Morgan fingerprint density at radius 1 is 1.09 bits per heavy atom. The number of likely N-dealkylation sites (tertiary alicyclic amines) is 1. The maximum Gasteiger partial charge on any atom is 0.243 e. The summed E-state index contributed by atoms with van der Waals surface area (Å²) in [5, 5.41) is 3.27. The second-order valence-electron chi connectivity index (χ2n) is 11.1. The van der Waals surface area contributed by atoms with Gasteiger partial charge in [0.15, 0.2) is 0 Å². The second-order valence-corrected chi connectivity index (χ2v) is 11.1. The van der Waals surface area contributed by atoms with E-state index in [9.17, 15) is 9.59 Å². The molecule has 1 aromatic carbocycles. The van der Waals surface area contributed by atoms with Gasteiger partial charge in [-0.2, -0.15) is 0 Å². The highest BCUT2D eigenvalue weighted by Gasteiger charge is 2.46. The van der Waals surface area contributed by atoms with Crippen LogP contribution in [0.25, 0.3) is 0 Å². The molecule has 0 radical (unpaired) electrons. The van der Waals surface area contributed by atoms with E-state index in [1.165, 1.54) is 11.1 Å². The third kappa shape index (κ3) is 6.36. The first-order valence-corrected chi connectivity index (χ1v) is 13.0. The average molecular weight is 455 g/mol. The first-order chi connectivity index (χ1) is 15.8. The number of benzene rings is 1. The van der Waals surface area contributed by atoms with Crippen LogP contribution in [0.4, 0.5) is 0 Å². The monoisotopic (exact) mass is 454 g/mol. The molecule has 2 atom stereocenters. The topological polar surface area (TPSA) is 78.7 Å². The minimum Gasteiger partial charge on any atom is -0.352 e. The van der Waals surface area contributed by atoms with Gasteiger partial charge in [-0.25, -0.2) is 0 Å². The fourth-order valence-electron chi connectivity index (χ4n) is 5.44. The van der Waals surface area contributed by atoms with Crippen molar-refractivity contribution in [3.8, 4) is 0 Å². The van der Waals surface area contributed by atoms with E-state index in [1.54, 1.807) is 0 Å². The Morgan fingerprint density at radius 2 is 1.76 bits per heavy atom. The van der Waals surface area contributed by atoms with Crippen molar-refractivity contribution in [1.29, 1.82) is 0 Å². The molecular formula is C27H42N4O2. The summed E-state index contributed by atoms with van der Waals surface area (Å²) in [6.07, 6.45) is 6.44. The molecule has 0 spiro atoms. The molecule has 4 rings (SSSR count). The van der Waals surface area contributed by atoms with Crippen molar-refractivity contribution in [1.82, 2.24) is 15.1 Å². The second kappa shape index (κ2) is 10.6. The van der Waals surface area contributed by atoms with Crippen LogP contribution in [0.15, 0.2) is 24.3 Å². The van der Waals surface area contributed by atoms with Crippen molar-refractivity contribution >= 4 is 11.8 Å². The van der Waals surface area contributed by atoms with Crippen molar-refractivity contribution in [3.05, 3.63) is 35.4 Å². The first kappa shape index (κ1) is 24.2. The van der Waals surface area contributed by atoms with Gasteiger partial charge in [-0.3, -0.25) is 14.5 Å². The predicted molar refractivity (Wildman–Crippen MR) is 131 cm³/mol. The van der Waals surface area contributed by atoms with Crippen molar-refractivity contribution in [2.24, 2.45) is 17.6 Å². The number of carbonyl (C=O) groups is 2. The van der Waals surface area contributed by atoms with Crippen LogP contribution in [0.5, 0.6) is 0 Å². The highest BCUT2D eigenvalue weighted by molar-refractivity contribution is 5.90. The van der Waals surface area contributed by atoms with E-state index < -0.39 is 0 Å². The summed E-state index contributed by atoms with van der Waals surface area (Å²) in [4.78, 5) is 30.9. The van der Waals surface area contributed by atoms with Crippen molar-refractivity contribution in [2.45, 2.75) is 96.4 Å². The van der Waals surface area contributed by atoms with Gasteiger partial charge >= 0.3 is 0 Å². The molecule has 33 heavy (non-hydrogen) atoms. The lowest BCUT2D eigenvalue weighted by Crippen LogP contribution is -2.50. The third-order valence-corrected chi connectivity index (χ3v) is 7.53. The Hall–Kier alpha value is -1.92. The fraction of sp³-hybridized carbons (Fsp3) is 0.704. The molecule has 182 valence electrons. The minimum absolute atomic E-state index is 0.0341. The van der Waals surface area contributed by atoms with Crippen LogP contribution in [0, 0.1) is 18.8 Å². The number of hydrogen-bond donors (Lipinski definition) is 2. The molecule has 0 aromatic heterocycles. The van der Waals surface area contributed by atoms with Crippen LogP contribution in [0.1, 0.15) is 69.9 Å². The zero-order valence-electron chi connectivity index (χ0n) is 20.6. The molecule has 0 bridgehead atoms. The van der Waals surface area contributed by atoms with Crippen molar-refractivity contribution < 1.29 is 9.59 Å². The summed E-state index contributed by atoms with van der Waals surface area (Å²) >= 11 is 0. The number of rotatable bonds is 8. The van der Waals surface area contributed by atoms with E-state index in [1.807, 2.05) is 4.90 Å². The number of carbonyl (C=O) groups excluding carboxylic acids is 2. The van der Waals surface area contributed by atoms with Crippen LogP contribution in [-0.2, 0) is 16.1 Å². The lowest BCUT2D eigenvalue weighted by molar-refractivity contribution is -0.139. The van der Waals surface area contributed by atoms with Crippen LogP contribution in [-0.4, -0.2) is 58.9 Å². The lowest BCUT2D eigenvalue weighted by Gasteiger charge is -2.30. The summed E-state index contributed by atoms with van der Waals surface area (Å²) in [6, 6.07) is 9.01. The van der Waals surface area contributed by atoms with Crippen LogP contribution in [0.2, 0.25) is 0 Å². The minimum atomic E-state index is -0.355. The maximum atomic E-state index is 13.4. The highest BCUT2D eigenvalue weighted by Crippen LogP contribution is 2.35. The van der Waals surface area contributed by atoms with Gasteiger partial charge in [0.2, 0.25) is 11.8 Å². The van der Waals surface area contributed by atoms with Gasteiger partial charge in [0.25, 0.3) is 0 Å². The van der Waals surface area contributed by atoms with Gasteiger partial charge in [-0.05, 0) is 63.4 Å². The quantitative estimate of drug-likeness (QED) is 0.632. The summed E-state index contributed by atoms with van der Waals surface area (Å²) < 4.78 is 0. The molecule has 3 fully saturated rings. The molecule has 3 N–H and O–H groups in total. The molecule has 1 aromatic rings. The largest absolute Gasteiger partial charge is 0.352 e. The molecule has 2 amide bonds. The Kier molecular flexibility index (Phi) is 7.75. The van der Waals surface area contributed by atoms with E-state index in [-0.39, 0.29) is 41.9 Å². The van der Waals surface area contributed by atoms with Crippen molar-refractivity contribution in [3.63, 3.8) is 0 Å². The predicted octanol–water partition coefficient (Wildman–Crippen LogP) is 3.22. The molecule has 1 aliphatic heterocycles. The SMILES string of the molecule is Cc1ccc(CN(CC(C)C)C2CC(C(=O)NC3CCC(N)CC3)N(C(=O)C3CC3)C2)cc1. The summed E-state index contributed by atoms with van der Waals surface area (Å²) in [6.45, 7) is 9.05. The standard InChI is InChI=1S/C27H42N4O2/c1-18(2)15-30(16-20-6-4-19(3)5-7-20)24-14-25(31(17-24)27(33)21-8-9-21)26(32)29-23-12-10-22(28)11-13-23/h4-7,18,21-25H,8-17,28H2,1-3H3,(H,29,32). The Morgan fingerprint density at radius 3 is 2.36 bits per heavy atom. The van der Waals surface area contributed by atoms with Crippen LogP contribution >= 0.6 is 0 Å². The van der Waals surface area contributed by atoms with Crippen molar-refractivity contribution in [2.75, 3.05) is 13.1 Å². The molecular weight excluding hydrogens is 412 g/mol. The maximum absolute atomic E-state index is 13.4. The molecule has 1 saturated heterocycles. The van der Waals surface area contributed by atoms with Crippen LogP contribution in [0.3, 0.4) is 0 Å². The lowest BCUT2D eigenvalue weighted by atomic mass is 9.91. The van der Waals surface area contributed by atoms with E-state index >= 15 is 0 Å². The number of nitrogens with two attached hydrogens (primary N) is 1. The van der Waals surface area contributed by atoms with Gasteiger partial charge in [0.05, 0.1) is 0 Å². The molecule has 2 saturated carbocycles. The average Bonchev–Trinajstić information content (AvgIpc) is 3.53. The van der Waals surface area contributed by atoms with Gasteiger partial charge in [-0.1, -0.05) is 43.7 Å². The Labute approximate surface area is 199 Å². The van der Waals surface area contributed by atoms with Gasteiger partial charge in [0, 0.05) is 43.7 Å². The van der Waals surface area contributed by atoms with Crippen LogP contribution < -0.4 is 11.1 Å². The highest BCUT2D eigenvalue weighted by atomic mass is 16.2. The number of nitrogens with one attached hydrogen (secondary N) is 1. The third-order valence-electron chi connectivity index (χ3n) is 7.53. The normalized spacial score (nSPS) is 27.9. The first-order valence-electron chi connectivity index (χ1n) is 13.0. The summed E-state index contributed by atoms with van der Waals surface area (Å²) in [5.41, 5.74) is 8.59. The number of hydrogen-bond acceptors (Lipinski definition) is 4. The molecule has 6 nitrogen and oxygen atoms in total. The molecule has 6 heteroatoms. The van der Waals surface area contributed by atoms with E-state index in [0.29, 0.717) is 12.5 Å². The Bertz CT molecular complexity index is 812. The fourth-order valence-corrected chi connectivity index (χ4v) is 5.44. The van der Waals surface area contributed by atoms with E-state index in [2.05, 4.69) is 55.3 Å². The summed E-state index contributed by atoms with van der Waals surface area (Å²) in [7, 11) is 0. The van der Waals surface area contributed by atoms with E-state index in [0.717, 1.165) is 58.0 Å². The molecule has 1 heterocycles. The van der Waals surface area contributed by atoms with Gasteiger partial charge < -0.3 is 16.0 Å². The summed E-state index contributed by atoms with van der Waals surface area (Å²) in [5.74, 6) is 0.861.